The number of aromatic nitrogens is 2. The number of hydrogen-bond donors (Lipinski definition) is 0. The van der Waals surface area contributed by atoms with Gasteiger partial charge < -0.3 is 4.52 Å². The lowest BCUT2D eigenvalue weighted by atomic mass is 10.1. The van der Waals surface area contributed by atoms with Crippen LogP contribution in [0.1, 0.15) is 22.7 Å². The molecule has 1 aromatic carbocycles. The van der Waals surface area contributed by atoms with E-state index in [1.165, 1.54) is 0 Å². The van der Waals surface area contributed by atoms with Crippen LogP contribution in [-0.2, 0) is 6.18 Å². The third-order valence-corrected chi connectivity index (χ3v) is 2.44. The van der Waals surface area contributed by atoms with Gasteiger partial charge in [-0.3, -0.25) is 0 Å². The smallest absolute Gasteiger partial charge is 0.337 e. The Morgan fingerprint density at radius 2 is 1.82 bits per heavy atom. The molecular weight excluding hydrogens is 257 g/mol. The fourth-order valence-corrected chi connectivity index (χ4v) is 1.45. The summed E-state index contributed by atoms with van der Waals surface area (Å²) in [6, 6.07) is 8.52. The van der Waals surface area contributed by atoms with Gasteiger partial charge in [0.1, 0.15) is 5.38 Å². The first-order valence-electron chi connectivity index (χ1n) is 4.58. The molecule has 2 aromatic rings. The predicted molar refractivity (Wildman–Crippen MR) is 53.4 cm³/mol. The zero-order valence-electron chi connectivity index (χ0n) is 8.28. The molecule has 2 rings (SSSR count). The molecule has 0 spiro atoms. The molecule has 0 fully saturated rings. The largest absolute Gasteiger partial charge is 0.455 e. The second-order valence-corrected chi connectivity index (χ2v) is 3.66. The van der Waals surface area contributed by atoms with Gasteiger partial charge in [0, 0.05) is 0 Å². The summed E-state index contributed by atoms with van der Waals surface area (Å²) in [7, 11) is 0. The fraction of sp³-hybridized carbons (Fsp3) is 0.200. The summed E-state index contributed by atoms with van der Waals surface area (Å²) in [6.45, 7) is 0. The van der Waals surface area contributed by atoms with Crippen molar-refractivity contribution in [3.8, 4) is 0 Å². The number of nitrogens with zero attached hydrogens (tertiary/aromatic N) is 2. The lowest BCUT2D eigenvalue weighted by molar-refractivity contribution is -0.146. The number of alkyl halides is 4. The Bertz CT molecular complexity index is 498. The molecule has 1 unspecified atom stereocenters. The summed E-state index contributed by atoms with van der Waals surface area (Å²) in [5.41, 5.74) is 0.589. The van der Waals surface area contributed by atoms with Gasteiger partial charge in [-0.15, -0.1) is 11.6 Å². The predicted octanol–water partition coefficient (Wildman–Crippen LogP) is 3.42. The van der Waals surface area contributed by atoms with E-state index in [1.807, 2.05) is 0 Å². The highest BCUT2D eigenvalue weighted by molar-refractivity contribution is 6.22. The van der Waals surface area contributed by atoms with Crippen LogP contribution in [0.5, 0.6) is 0 Å². The molecule has 0 radical (unpaired) electrons. The van der Waals surface area contributed by atoms with Crippen molar-refractivity contribution < 1.29 is 17.7 Å². The highest BCUT2D eigenvalue weighted by Gasteiger charge is 2.38. The molecule has 0 aliphatic carbocycles. The van der Waals surface area contributed by atoms with Crippen LogP contribution in [-0.4, -0.2) is 10.1 Å². The van der Waals surface area contributed by atoms with Crippen molar-refractivity contribution in [2.24, 2.45) is 0 Å². The van der Waals surface area contributed by atoms with E-state index < -0.39 is 17.4 Å². The van der Waals surface area contributed by atoms with Crippen molar-refractivity contribution in [1.29, 1.82) is 0 Å². The van der Waals surface area contributed by atoms with Crippen LogP contribution < -0.4 is 0 Å². The first kappa shape index (κ1) is 11.9. The maximum atomic E-state index is 12.2. The highest BCUT2D eigenvalue weighted by atomic mass is 35.5. The number of rotatable bonds is 2. The minimum Gasteiger partial charge on any atom is -0.337 e. The summed E-state index contributed by atoms with van der Waals surface area (Å²) in [4.78, 5) is 3.22. The Morgan fingerprint density at radius 3 is 2.35 bits per heavy atom. The number of hydrogen-bond acceptors (Lipinski definition) is 3. The van der Waals surface area contributed by atoms with Crippen molar-refractivity contribution >= 4 is 11.6 Å². The third kappa shape index (κ3) is 2.58. The molecule has 0 amide bonds. The van der Waals surface area contributed by atoms with Crippen LogP contribution in [0, 0.1) is 0 Å². The Balaban J connectivity index is 2.27. The van der Waals surface area contributed by atoms with Gasteiger partial charge >= 0.3 is 6.18 Å². The first-order chi connectivity index (χ1) is 7.98. The molecule has 3 nitrogen and oxygen atoms in total. The zero-order chi connectivity index (χ0) is 12.5. The molecule has 90 valence electrons. The fourth-order valence-electron chi connectivity index (χ4n) is 1.22. The molecule has 0 N–H and O–H groups in total. The summed E-state index contributed by atoms with van der Waals surface area (Å²) >= 11 is 5.93. The molecular formula is C10H6ClF3N2O. The minimum absolute atomic E-state index is 0.273. The molecule has 0 saturated heterocycles. The van der Waals surface area contributed by atoms with E-state index in [2.05, 4.69) is 14.7 Å². The van der Waals surface area contributed by atoms with Gasteiger partial charge in [-0.05, 0) is 5.56 Å². The average Bonchev–Trinajstić information content (AvgIpc) is 2.78. The van der Waals surface area contributed by atoms with E-state index >= 15 is 0 Å². The van der Waals surface area contributed by atoms with Crippen molar-refractivity contribution in [3.63, 3.8) is 0 Å². The van der Waals surface area contributed by atoms with E-state index in [9.17, 15) is 13.2 Å². The second kappa shape index (κ2) is 4.37. The quantitative estimate of drug-likeness (QED) is 0.779. The van der Waals surface area contributed by atoms with Gasteiger partial charge in [-0.1, -0.05) is 35.5 Å². The van der Waals surface area contributed by atoms with Crippen LogP contribution in [0.3, 0.4) is 0 Å². The van der Waals surface area contributed by atoms with E-state index in [0.29, 0.717) is 5.56 Å². The minimum atomic E-state index is -4.63. The normalized spacial score (nSPS) is 13.6. The number of halogens is 4. The van der Waals surface area contributed by atoms with Crippen LogP contribution in [0.15, 0.2) is 34.9 Å². The lowest BCUT2D eigenvalue weighted by Gasteiger charge is -2.03. The van der Waals surface area contributed by atoms with Gasteiger partial charge in [0.15, 0.2) is 0 Å². The Kier molecular flexibility index (Phi) is 3.06. The van der Waals surface area contributed by atoms with Gasteiger partial charge in [0.25, 0.3) is 5.82 Å². The number of benzene rings is 1. The monoisotopic (exact) mass is 262 g/mol. The highest BCUT2D eigenvalue weighted by Crippen LogP contribution is 2.31. The van der Waals surface area contributed by atoms with E-state index in [1.54, 1.807) is 30.3 Å². The third-order valence-electron chi connectivity index (χ3n) is 2.00. The summed E-state index contributed by atoms with van der Waals surface area (Å²) in [6.07, 6.45) is -4.63. The molecule has 0 saturated carbocycles. The van der Waals surface area contributed by atoms with Crippen molar-refractivity contribution in [2.75, 3.05) is 0 Å². The molecule has 0 bridgehead atoms. The molecule has 7 heteroatoms. The van der Waals surface area contributed by atoms with E-state index in [0.717, 1.165) is 0 Å². The maximum Gasteiger partial charge on any atom is 0.455 e. The van der Waals surface area contributed by atoms with E-state index in [4.69, 9.17) is 11.6 Å². The van der Waals surface area contributed by atoms with Crippen LogP contribution in [0.4, 0.5) is 13.2 Å². The molecule has 0 aliphatic rings. The van der Waals surface area contributed by atoms with Crippen molar-refractivity contribution in [3.05, 3.63) is 47.6 Å². The first-order valence-corrected chi connectivity index (χ1v) is 5.02. The summed E-state index contributed by atoms with van der Waals surface area (Å²) in [5.74, 6) is -1.60. The molecule has 1 heterocycles. The van der Waals surface area contributed by atoms with Crippen molar-refractivity contribution in [2.45, 2.75) is 11.6 Å². The van der Waals surface area contributed by atoms with Crippen LogP contribution in [0.25, 0.3) is 0 Å². The van der Waals surface area contributed by atoms with Crippen molar-refractivity contribution in [1.82, 2.24) is 10.1 Å². The average molecular weight is 263 g/mol. The standard InChI is InChI=1S/C10H6ClF3N2O/c11-7(6-4-2-1-3-5-6)8-15-9(16-17-8)10(12,13)14/h1-5,7H. The van der Waals surface area contributed by atoms with Gasteiger partial charge in [-0.2, -0.15) is 18.2 Å². The van der Waals surface area contributed by atoms with Crippen LogP contribution in [0.2, 0.25) is 0 Å². The Labute approximate surface area is 99.2 Å². The summed E-state index contributed by atoms with van der Waals surface area (Å²) < 4.78 is 41.2. The topological polar surface area (TPSA) is 38.9 Å². The Hall–Kier alpha value is -1.56. The lowest BCUT2D eigenvalue weighted by Crippen LogP contribution is -2.07. The Morgan fingerprint density at radius 1 is 1.18 bits per heavy atom. The van der Waals surface area contributed by atoms with E-state index in [-0.39, 0.29) is 5.89 Å². The molecule has 1 atom stereocenters. The molecule has 1 aromatic heterocycles. The molecule has 17 heavy (non-hydrogen) atoms. The maximum absolute atomic E-state index is 12.2. The zero-order valence-corrected chi connectivity index (χ0v) is 9.03. The summed E-state index contributed by atoms with van der Waals surface area (Å²) in [5, 5.41) is 1.95. The second-order valence-electron chi connectivity index (χ2n) is 3.23. The SMILES string of the molecule is FC(F)(F)c1noc(C(Cl)c2ccccc2)n1. The van der Waals surface area contributed by atoms with Gasteiger partial charge in [0.05, 0.1) is 0 Å². The van der Waals surface area contributed by atoms with Gasteiger partial charge in [0.2, 0.25) is 5.89 Å². The van der Waals surface area contributed by atoms with Crippen LogP contribution >= 0.6 is 11.6 Å². The molecule has 0 aliphatic heterocycles. The van der Waals surface area contributed by atoms with Gasteiger partial charge in [-0.25, -0.2) is 0 Å².